The fraction of sp³-hybridized carbons (Fsp3) is 1.00. The minimum absolute atomic E-state index is 0.301. The first-order valence-corrected chi connectivity index (χ1v) is 9.95. The Balaban J connectivity index is 1.75. The van der Waals surface area contributed by atoms with Crippen molar-refractivity contribution in [3.05, 3.63) is 0 Å². The molecule has 0 bridgehead atoms. The third-order valence-electron chi connectivity index (χ3n) is 5.01. The van der Waals surface area contributed by atoms with Gasteiger partial charge in [-0.2, -0.15) is 0 Å². The maximum atomic E-state index is 10.6. The molecule has 0 aromatic carbocycles. The lowest BCUT2D eigenvalue weighted by molar-refractivity contribution is 0.0725. The fourth-order valence-electron chi connectivity index (χ4n) is 3.54. The highest BCUT2D eigenvalue weighted by Crippen LogP contribution is 2.00. The number of nitrogens with two attached hydrogens (primary N) is 1. The van der Waals surface area contributed by atoms with Crippen molar-refractivity contribution < 1.29 is 5.11 Å². The first-order valence-electron chi connectivity index (χ1n) is 9.95. The lowest BCUT2D eigenvalue weighted by Gasteiger charge is -2.30. The molecule has 2 rings (SSSR count). The van der Waals surface area contributed by atoms with E-state index in [2.05, 4.69) is 30.7 Å². The minimum atomic E-state index is -0.301. The van der Waals surface area contributed by atoms with Crippen molar-refractivity contribution in [2.75, 3.05) is 105 Å². The molecular weight excluding hydrogens is 318 g/mol. The first kappa shape index (κ1) is 21.0. The number of hydrogen-bond acceptors (Lipinski definition) is 8. The molecule has 2 saturated heterocycles. The van der Waals surface area contributed by atoms with Crippen molar-refractivity contribution >= 4 is 0 Å². The first-order chi connectivity index (χ1) is 12.3. The third-order valence-corrected chi connectivity index (χ3v) is 5.01. The van der Waals surface area contributed by atoms with Crippen LogP contribution in [0.4, 0.5) is 0 Å². The van der Waals surface area contributed by atoms with Crippen molar-refractivity contribution in [3.63, 3.8) is 0 Å². The highest BCUT2D eigenvalue weighted by atomic mass is 16.3. The van der Waals surface area contributed by atoms with E-state index in [-0.39, 0.29) is 6.10 Å². The summed E-state index contributed by atoms with van der Waals surface area (Å²) in [4.78, 5) is 7.17. The van der Waals surface area contributed by atoms with Gasteiger partial charge in [0.2, 0.25) is 0 Å². The van der Waals surface area contributed by atoms with Gasteiger partial charge in [-0.3, -0.25) is 14.7 Å². The zero-order chi connectivity index (χ0) is 17.7. The van der Waals surface area contributed by atoms with Crippen molar-refractivity contribution in [3.8, 4) is 0 Å². The molecule has 6 N–H and O–H groups in total. The second-order valence-corrected chi connectivity index (χ2v) is 7.14. The van der Waals surface area contributed by atoms with Gasteiger partial charge in [-0.1, -0.05) is 0 Å². The quantitative estimate of drug-likeness (QED) is 0.344. The molecule has 1 unspecified atom stereocenters. The average molecular weight is 358 g/mol. The molecule has 0 amide bonds. The smallest absolute Gasteiger partial charge is 0.0793 e. The van der Waals surface area contributed by atoms with Crippen molar-refractivity contribution in [1.82, 2.24) is 30.7 Å². The van der Waals surface area contributed by atoms with E-state index in [0.717, 1.165) is 98.2 Å². The summed E-state index contributed by atoms with van der Waals surface area (Å²) < 4.78 is 0. The molecule has 0 aromatic rings. The third kappa shape index (κ3) is 9.25. The van der Waals surface area contributed by atoms with Crippen LogP contribution in [0, 0.1) is 0 Å². The normalized spacial score (nSPS) is 25.2. The van der Waals surface area contributed by atoms with Crippen LogP contribution in [-0.4, -0.2) is 131 Å². The van der Waals surface area contributed by atoms with Crippen LogP contribution in [-0.2, 0) is 0 Å². The predicted molar refractivity (Wildman–Crippen MR) is 103 cm³/mol. The van der Waals surface area contributed by atoms with Crippen molar-refractivity contribution in [2.24, 2.45) is 5.73 Å². The molecule has 0 aliphatic carbocycles. The second kappa shape index (κ2) is 12.9. The molecule has 25 heavy (non-hydrogen) atoms. The van der Waals surface area contributed by atoms with E-state index in [1.54, 1.807) is 0 Å². The molecule has 0 aromatic heterocycles. The van der Waals surface area contributed by atoms with Gasteiger partial charge >= 0.3 is 0 Å². The Kier molecular flexibility index (Phi) is 10.9. The maximum Gasteiger partial charge on any atom is 0.0793 e. The summed E-state index contributed by atoms with van der Waals surface area (Å²) in [5, 5.41) is 21.0. The standard InChI is InChI=1S/C17H39N7O/c18-1-8-22-9-4-21-7-12-24(14-13-22)16-17(25)15-23-10-5-19-2-3-20-6-11-23/h17,19-21,25H,1-16,18H2. The minimum Gasteiger partial charge on any atom is -0.390 e. The summed E-state index contributed by atoms with van der Waals surface area (Å²) in [6.45, 7) is 15.3. The average Bonchev–Trinajstić information content (AvgIpc) is 2.78. The van der Waals surface area contributed by atoms with Gasteiger partial charge in [0.15, 0.2) is 0 Å². The molecule has 0 radical (unpaired) electrons. The van der Waals surface area contributed by atoms with Gasteiger partial charge in [0.25, 0.3) is 0 Å². The van der Waals surface area contributed by atoms with Gasteiger partial charge in [-0.05, 0) is 0 Å². The molecule has 8 heteroatoms. The predicted octanol–water partition coefficient (Wildman–Crippen LogP) is -2.99. The van der Waals surface area contributed by atoms with E-state index in [0.29, 0.717) is 6.54 Å². The monoisotopic (exact) mass is 357 g/mol. The van der Waals surface area contributed by atoms with Crippen LogP contribution in [0.5, 0.6) is 0 Å². The summed E-state index contributed by atoms with van der Waals surface area (Å²) in [6, 6.07) is 0. The Morgan fingerprint density at radius 2 is 1.12 bits per heavy atom. The number of β-amino-alcohol motifs (C(OH)–C–C–N with tert-alkyl or cyclic N) is 1. The lowest BCUT2D eigenvalue weighted by Crippen LogP contribution is -2.46. The zero-order valence-corrected chi connectivity index (χ0v) is 15.8. The van der Waals surface area contributed by atoms with Crippen LogP contribution in [0.2, 0.25) is 0 Å². The largest absolute Gasteiger partial charge is 0.390 e. The fourth-order valence-corrected chi connectivity index (χ4v) is 3.54. The van der Waals surface area contributed by atoms with Crippen LogP contribution in [0.1, 0.15) is 0 Å². The number of nitrogens with one attached hydrogen (secondary N) is 3. The Morgan fingerprint density at radius 3 is 1.68 bits per heavy atom. The number of aliphatic hydroxyl groups excluding tert-OH is 1. The van der Waals surface area contributed by atoms with Crippen LogP contribution in [0.15, 0.2) is 0 Å². The zero-order valence-electron chi connectivity index (χ0n) is 15.8. The Bertz CT molecular complexity index is 324. The van der Waals surface area contributed by atoms with E-state index < -0.39 is 0 Å². The highest BCUT2D eigenvalue weighted by Gasteiger charge is 2.17. The number of hydrogen-bond donors (Lipinski definition) is 5. The van der Waals surface area contributed by atoms with Gasteiger partial charge in [-0.15, -0.1) is 0 Å². The molecule has 2 aliphatic heterocycles. The number of rotatable bonds is 6. The molecule has 2 fully saturated rings. The topological polar surface area (TPSA) is 92.1 Å². The highest BCUT2D eigenvalue weighted by molar-refractivity contribution is 4.75. The SMILES string of the molecule is NCCN1CCNCCN(CC(O)CN2CCNCCNCC2)CC1. The van der Waals surface area contributed by atoms with Crippen molar-refractivity contribution in [2.45, 2.75) is 6.10 Å². The molecule has 2 heterocycles. The number of aliphatic hydroxyl groups is 1. The van der Waals surface area contributed by atoms with E-state index in [9.17, 15) is 5.11 Å². The Morgan fingerprint density at radius 1 is 0.680 bits per heavy atom. The summed E-state index contributed by atoms with van der Waals surface area (Å²) in [5.41, 5.74) is 5.71. The second-order valence-electron chi connectivity index (χ2n) is 7.14. The van der Waals surface area contributed by atoms with Crippen molar-refractivity contribution in [1.29, 1.82) is 0 Å². The Labute approximate surface area is 153 Å². The molecule has 148 valence electrons. The van der Waals surface area contributed by atoms with E-state index in [1.807, 2.05) is 0 Å². The van der Waals surface area contributed by atoms with Crippen LogP contribution < -0.4 is 21.7 Å². The Hall–Kier alpha value is -0.320. The van der Waals surface area contributed by atoms with Gasteiger partial charge in [0.1, 0.15) is 0 Å². The maximum absolute atomic E-state index is 10.6. The van der Waals surface area contributed by atoms with E-state index in [1.165, 1.54) is 0 Å². The van der Waals surface area contributed by atoms with Crippen LogP contribution in [0.25, 0.3) is 0 Å². The summed E-state index contributed by atoms with van der Waals surface area (Å²) >= 11 is 0. The summed E-state index contributed by atoms with van der Waals surface area (Å²) in [5.74, 6) is 0. The van der Waals surface area contributed by atoms with Gasteiger partial charge in [0, 0.05) is 105 Å². The van der Waals surface area contributed by atoms with E-state index in [4.69, 9.17) is 5.73 Å². The molecule has 0 spiro atoms. The summed E-state index contributed by atoms with van der Waals surface area (Å²) in [7, 11) is 0. The van der Waals surface area contributed by atoms with E-state index >= 15 is 0 Å². The van der Waals surface area contributed by atoms with Gasteiger partial charge < -0.3 is 26.8 Å². The lowest BCUT2D eigenvalue weighted by atomic mass is 10.2. The van der Waals surface area contributed by atoms with Gasteiger partial charge in [-0.25, -0.2) is 0 Å². The molecule has 0 saturated carbocycles. The molecule has 2 aliphatic rings. The number of nitrogens with zero attached hydrogens (tertiary/aromatic N) is 3. The molecule has 1 atom stereocenters. The van der Waals surface area contributed by atoms with Crippen LogP contribution in [0.3, 0.4) is 0 Å². The summed E-state index contributed by atoms with van der Waals surface area (Å²) in [6.07, 6.45) is -0.301. The van der Waals surface area contributed by atoms with Crippen LogP contribution >= 0.6 is 0 Å². The molecule has 8 nitrogen and oxygen atoms in total. The van der Waals surface area contributed by atoms with Gasteiger partial charge in [0.05, 0.1) is 6.10 Å². The molecular formula is C17H39N7O.